The van der Waals surface area contributed by atoms with Crippen molar-refractivity contribution in [3.8, 4) is 22.3 Å². The summed E-state index contributed by atoms with van der Waals surface area (Å²) in [5.41, 5.74) is 23.7. The van der Waals surface area contributed by atoms with Gasteiger partial charge in [-0.3, -0.25) is 0 Å². The van der Waals surface area contributed by atoms with E-state index in [1.54, 1.807) is 44.5 Å². The Bertz CT molecular complexity index is 3470. The molecular weight excluding hydrogens is 1150 g/mol. The minimum atomic E-state index is -3.48. The van der Waals surface area contributed by atoms with Crippen molar-refractivity contribution in [1.29, 1.82) is 0 Å². The molecule has 0 heterocycles. The van der Waals surface area contributed by atoms with Gasteiger partial charge in [0, 0.05) is 0 Å². The molecule has 0 nitrogen and oxygen atoms in total. The molecule has 0 aromatic heterocycles. The largest absolute Gasteiger partial charge is 0.147 e. The van der Waals surface area contributed by atoms with E-state index in [4.69, 9.17) is 0 Å². The van der Waals surface area contributed by atoms with Gasteiger partial charge in [0.25, 0.3) is 0 Å². The van der Waals surface area contributed by atoms with Gasteiger partial charge in [-0.1, -0.05) is 0 Å². The third kappa shape index (κ3) is 9.19. The Morgan fingerprint density at radius 2 is 0.667 bits per heavy atom. The summed E-state index contributed by atoms with van der Waals surface area (Å²) in [5, 5.41) is 5.66. The average Bonchev–Trinajstić information content (AvgIpc) is 4.08. The first kappa shape index (κ1) is 56.3. The van der Waals surface area contributed by atoms with Crippen LogP contribution in [0.4, 0.5) is 0 Å². The maximum absolute atomic E-state index is 3.48. The molecular formula is C64H68Cl4Si2Zr2. The van der Waals surface area contributed by atoms with E-state index in [0.29, 0.717) is 14.5 Å². The maximum atomic E-state index is 2.73. The second kappa shape index (κ2) is 20.6. The molecule has 12 rings (SSSR count). The van der Waals surface area contributed by atoms with Gasteiger partial charge in [0.05, 0.1) is 0 Å². The zero-order valence-electron chi connectivity index (χ0n) is 42.8. The van der Waals surface area contributed by atoms with Crippen LogP contribution in [0.3, 0.4) is 0 Å². The molecule has 8 aromatic rings. The standard InChI is InChI=1S/2C16H13.2C14H11.4CH3.4ClH.2H2Si.2Zr/c2*1-12-10-14-8-5-9-15(16(14)11-12)13-6-3-2-4-7-13;2*1-10-8-12-7-6-11-4-2-3-5-13(11)14(12)9-10;;;;;;;;;;;;/h2*2-11H,1H3;2*2-9H,1H3;4*1H3;4*1H;2*1H2;;. The van der Waals surface area contributed by atoms with Crippen molar-refractivity contribution >= 4 is 109 Å². The first-order valence-electron chi connectivity index (χ1n) is 24.8. The van der Waals surface area contributed by atoms with Crippen molar-refractivity contribution in [2.24, 2.45) is 0 Å². The topological polar surface area (TPSA) is 0 Å². The number of hydrogen-bond acceptors (Lipinski definition) is 0. The van der Waals surface area contributed by atoms with Crippen molar-refractivity contribution in [1.82, 2.24) is 0 Å². The van der Waals surface area contributed by atoms with E-state index in [2.05, 4.69) is 254 Å². The number of fused-ring (bicyclic) bond motifs is 8. The van der Waals surface area contributed by atoms with Crippen LogP contribution in [-0.4, -0.2) is 13.8 Å². The minimum Gasteiger partial charge on any atom is -0.147 e. The SMILES string of the molecule is CC1=Cc2c(-c3ccccc3)cccc2[CH]1[Zr]([CH3])([CH3])(=[SiH2])[CH]1C(C)=Cc2c(-c3ccccc3)cccc21.CC1=Cc2ccc3ccccc3c2[CH]1[Zr]([CH3])([CH3])(=[SiH2])[CH]1C(C)=Cc2ccc3ccccc3c21.Cl.Cl.Cl.Cl. The molecule has 0 saturated carbocycles. The van der Waals surface area contributed by atoms with Crippen molar-refractivity contribution in [3.63, 3.8) is 0 Å². The smallest absolute Gasteiger partial charge is 0.147 e. The molecule has 0 aliphatic heterocycles. The van der Waals surface area contributed by atoms with Gasteiger partial charge >= 0.3 is 414 Å². The number of allylic oxidation sites excluding steroid dienone is 4. The fraction of sp³-hybridized carbons (Fsp3) is 0.188. The Balaban J connectivity index is 0.000000201. The fourth-order valence-corrected chi connectivity index (χ4v) is 57.1. The Kier molecular flexibility index (Phi) is 16.1. The van der Waals surface area contributed by atoms with E-state index in [1.807, 2.05) is 0 Å². The second-order valence-electron chi connectivity index (χ2n) is 23.1. The van der Waals surface area contributed by atoms with Crippen molar-refractivity contribution < 1.29 is 34.8 Å². The van der Waals surface area contributed by atoms with Gasteiger partial charge in [-0.25, -0.2) is 0 Å². The van der Waals surface area contributed by atoms with Crippen LogP contribution in [0.1, 0.15) is 86.7 Å². The quantitative estimate of drug-likeness (QED) is 0.146. The van der Waals surface area contributed by atoms with Gasteiger partial charge in [0.15, 0.2) is 0 Å². The van der Waals surface area contributed by atoms with Crippen LogP contribution in [0.2, 0.25) is 18.5 Å². The molecule has 0 spiro atoms. The molecule has 4 aliphatic rings. The normalized spacial score (nSPS) is 18.5. The number of benzene rings is 8. The van der Waals surface area contributed by atoms with E-state index in [1.165, 1.54) is 66.1 Å². The first-order valence-corrected chi connectivity index (χ1v) is 52.1. The summed E-state index contributed by atoms with van der Waals surface area (Å²) < 4.78 is 13.1. The number of halogens is 4. The summed E-state index contributed by atoms with van der Waals surface area (Å²) in [5.74, 6) is 0. The number of rotatable bonds is 6. The van der Waals surface area contributed by atoms with Gasteiger partial charge in [-0.05, 0) is 0 Å². The summed E-state index contributed by atoms with van der Waals surface area (Å²) in [6, 6.07) is 63.1. The Labute approximate surface area is 458 Å². The van der Waals surface area contributed by atoms with E-state index < -0.39 is 34.8 Å². The van der Waals surface area contributed by atoms with E-state index in [-0.39, 0.29) is 49.6 Å². The van der Waals surface area contributed by atoms with Crippen molar-refractivity contribution in [2.45, 2.75) is 60.7 Å². The molecule has 72 heavy (non-hydrogen) atoms. The Morgan fingerprint density at radius 1 is 0.333 bits per heavy atom. The molecule has 0 bridgehead atoms. The van der Waals surface area contributed by atoms with E-state index in [9.17, 15) is 0 Å². The van der Waals surface area contributed by atoms with Crippen LogP contribution in [0.5, 0.6) is 0 Å². The van der Waals surface area contributed by atoms with Gasteiger partial charge < -0.3 is 0 Å². The summed E-state index contributed by atoms with van der Waals surface area (Å²) in [6.45, 7) is 14.4. The van der Waals surface area contributed by atoms with Gasteiger partial charge in [-0.2, -0.15) is 0 Å². The number of hydrogen-bond donors (Lipinski definition) is 0. The zero-order valence-corrected chi connectivity index (χ0v) is 53.8. The van der Waals surface area contributed by atoms with Gasteiger partial charge in [0.1, 0.15) is 0 Å². The average molecular weight is 1220 g/mol. The van der Waals surface area contributed by atoms with Crippen LogP contribution in [0.15, 0.2) is 192 Å². The summed E-state index contributed by atoms with van der Waals surface area (Å²) in [4.78, 5) is 0. The molecule has 368 valence electrons. The van der Waals surface area contributed by atoms with Crippen LogP contribution in [0, 0.1) is 0 Å². The van der Waals surface area contributed by atoms with Crippen LogP contribution >= 0.6 is 49.6 Å². The molecule has 8 aromatic carbocycles. The summed E-state index contributed by atoms with van der Waals surface area (Å²) in [7, 11) is 0. The monoisotopic (exact) mass is 1210 g/mol. The molecule has 4 unspecified atom stereocenters. The van der Waals surface area contributed by atoms with E-state index >= 15 is 0 Å². The molecule has 0 radical (unpaired) electrons. The van der Waals surface area contributed by atoms with E-state index in [0.717, 1.165) is 0 Å². The van der Waals surface area contributed by atoms with Gasteiger partial charge in [0.2, 0.25) is 0 Å². The zero-order chi connectivity index (χ0) is 47.4. The third-order valence-electron chi connectivity index (χ3n) is 16.8. The van der Waals surface area contributed by atoms with Gasteiger partial charge in [-0.15, -0.1) is 49.6 Å². The van der Waals surface area contributed by atoms with Crippen LogP contribution in [0.25, 0.3) is 68.1 Å². The predicted octanol–water partition coefficient (Wildman–Crippen LogP) is 18.6. The molecule has 4 aliphatic carbocycles. The second-order valence-corrected chi connectivity index (χ2v) is 84.0. The molecule has 4 atom stereocenters. The molecule has 0 N–H and O–H groups in total. The molecule has 0 fully saturated rings. The fourth-order valence-electron chi connectivity index (χ4n) is 14.8. The Morgan fingerprint density at radius 3 is 1.06 bits per heavy atom. The molecule has 0 saturated heterocycles. The Hall–Kier alpha value is -3.40. The third-order valence-corrected chi connectivity index (χ3v) is 52.5. The minimum absolute atomic E-state index is 0. The van der Waals surface area contributed by atoms with Crippen LogP contribution in [-0.2, 0) is 34.8 Å². The van der Waals surface area contributed by atoms with Crippen LogP contribution < -0.4 is 0 Å². The predicted molar refractivity (Wildman–Crippen MR) is 327 cm³/mol. The molecule has 8 heteroatoms. The summed E-state index contributed by atoms with van der Waals surface area (Å²) in [6.07, 6.45) is 9.98. The summed E-state index contributed by atoms with van der Waals surface area (Å²) >= 11 is -6.95. The molecule has 0 amide bonds. The van der Waals surface area contributed by atoms with Crippen molar-refractivity contribution in [3.05, 3.63) is 237 Å². The first-order chi connectivity index (χ1) is 32.5. The maximum Gasteiger partial charge on any atom is -0.147 e. The van der Waals surface area contributed by atoms with Crippen molar-refractivity contribution in [2.75, 3.05) is 0 Å².